The lowest BCUT2D eigenvalue weighted by molar-refractivity contribution is -0.137. The van der Waals surface area contributed by atoms with Crippen molar-refractivity contribution < 1.29 is 18.0 Å². The van der Waals surface area contributed by atoms with E-state index in [2.05, 4.69) is 27.4 Å². The maximum absolute atomic E-state index is 13.0. The molecule has 0 saturated heterocycles. The molecule has 0 radical (unpaired) electrons. The van der Waals surface area contributed by atoms with E-state index in [4.69, 9.17) is 0 Å². The molecule has 1 heterocycles. The van der Waals surface area contributed by atoms with Crippen LogP contribution in [0.15, 0.2) is 41.3 Å². The summed E-state index contributed by atoms with van der Waals surface area (Å²) in [4.78, 5) is 11.8. The molecule has 134 valence electrons. The number of nitrogens with zero attached hydrogens (tertiary/aromatic N) is 2. The van der Waals surface area contributed by atoms with Gasteiger partial charge in [0.2, 0.25) is 11.0 Å². The first-order chi connectivity index (χ1) is 11.8. The predicted molar refractivity (Wildman–Crippen MR) is 93.2 cm³/mol. The van der Waals surface area contributed by atoms with Crippen molar-refractivity contribution in [3.05, 3.63) is 42.5 Å². The van der Waals surface area contributed by atoms with Crippen LogP contribution in [0.25, 0.3) is 0 Å². The molecule has 0 saturated carbocycles. The summed E-state index contributed by atoms with van der Waals surface area (Å²) in [6.45, 7) is 5.58. The number of thioether (sulfide) groups is 1. The number of hydrogen-bond acceptors (Lipinski definition) is 6. The molecule has 10 heteroatoms. The Morgan fingerprint density at radius 2 is 2.12 bits per heavy atom. The molecule has 5 nitrogen and oxygen atoms in total. The van der Waals surface area contributed by atoms with E-state index in [0.29, 0.717) is 10.9 Å². The highest BCUT2D eigenvalue weighted by Gasteiger charge is 2.33. The average Bonchev–Trinajstić information content (AvgIpc) is 2.99. The number of alkyl halides is 3. The van der Waals surface area contributed by atoms with Crippen molar-refractivity contribution in [3.8, 4) is 0 Å². The Morgan fingerprint density at radius 1 is 1.40 bits per heavy atom. The van der Waals surface area contributed by atoms with Gasteiger partial charge >= 0.3 is 6.18 Å². The number of nitrogens with one attached hydrogen (secondary N) is 2. The highest BCUT2D eigenvalue weighted by molar-refractivity contribution is 8.02. The third-order valence-corrected chi connectivity index (χ3v) is 4.97. The molecular weight excluding hydrogens is 373 g/mol. The minimum atomic E-state index is -4.47. The van der Waals surface area contributed by atoms with Crippen LogP contribution in [0, 0.1) is 0 Å². The lowest BCUT2D eigenvalue weighted by atomic mass is 10.2. The summed E-state index contributed by atoms with van der Waals surface area (Å²) in [7, 11) is 0. The minimum absolute atomic E-state index is 0.0977. The Kier molecular flexibility index (Phi) is 6.43. The topological polar surface area (TPSA) is 66.9 Å². The standard InChI is InChI=1S/C15H15F3N4OS2/c1-3-8-19-12(23)9(2)24-14-22-21-13(25-14)20-11-7-5-4-6-10(11)15(16,17)18/h3-7,9H,1,8H2,2H3,(H,19,23)(H,20,21)/t9-/m1/s1. The van der Waals surface area contributed by atoms with Crippen molar-refractivity contribution in [3.63, 3.8) is 0 Å². The van der Waals surface area contributed by atoms with Gasteiger partial charge in [0.05, 0.1) is 16.5 Å². The van der Waals surface area contributed by atoms with Crippen molar-refractivity contribution in [2.45, 2.75) is 22.7 Å². The number of hydrogen-bond donors (Lipinski definition) is 2. The number of carbonyl (C=O) groups is 1. The van der Waals surface area contributed by atoms with Gasteiger partial charge in [-0.1, -0.05) is 41.3 Å². The maximum atomic E-state index is 13.0. The van der Waals surface area contributed by atoms with E-state index in [1.54, 1.807) is 13.0 Å². The summed E-state index contributed by atoms with van der Waals surface area (Å²) in [5.41, 5.74) is -0.879. The normalized spacial score (nSPS) is 12.5. The highest BCUT2D eigenvalue weighted by atomic mass is 32.2. The fourth-order valence-electron chi connectivity index (χ4n) is 1.78. The first kappa shape index (κ1) is 19.3. The third-order valence-electron chi connectivity index (χ3n) is 2.95. The van der Waals surface area contributed by atoms with Crippen LogP contribution in [0.1, 0.15) is 12.5 Å². The molecule has 0 bridgehead atoms. The zero-order chi connectivity index (χ0) is 18.4. The van der Waals surface area contributed by atoms with Crippen LogP contribution in [0.3, 0.4) is 0 Å². The number of benzene rings is 1. The Morgan fingerprint density at radius 3 is 2.80 bits per heavy atom. The summed E-state index contributed by atoms with van der Waals surface area (Å²) in [6, 6.07) is 5.13. The lowest BCUT2D eigenvalue weighted by Crippen LogP contribution is -2.30. The van der Waals surface area contributed by atoms with Crippen molar-refractivity contribution in [1.29, 1.82) is 0 Å². The molecule has 2 aromatic rings. The number of rotatable bonds is 7. The van der Waals surface area contributed by atoms with Crippen LogP contribution in [-0.2, 0) is 11.0 Å². The van der Waals surface area contributed by atoms with E-state index >= 15 is 0 Å². The zero-order valence-corrected chi connectivity index (χ0v) is 14.8. The number of aromatic nitrogens is 2. The van der Waals surface area contributed by atoms with Crippen LogP contribution in [-0.4, -0.2) is 27.9 Å². The van der Waals surface area contributed by atoms with Gasteiger partial charge in [-0.25, -0.2) is 0 Å². The van der Waals surface area contributed by atoms with Crippen LogP contribution >= 0.6 is 23.1 Å². The molecule has 1 aromatic heterocycles. The second kappa shape index (κ2) is 8.34. The molecule has 1 amide bonds. The van der Waals surface area contributed by atoms with E-state index in [-0.39, 0.29) is 16.7 Å². The summed E-state index contributed by atoms with van der Waals surface area (Å²) in [6.07, 6.45) is -2.90. The summed E-state index contributed by atoms with van der Waals surface area (Å²) in [5, 5.41) is 12.8. The molecule has 2 rings (SSSR count). The fraction of sp³-hybridized carbons (Fsp3) is 0.267. The molecule has 0 spiro atoms. The molecule has 0 aliphatic heterocycles. The lowest BCUT2D eigenvalue weighted by Gasteiger charge is -2.12. The van der Waals surface area contributed by atoms with Gasteiger partial charge in [0.25, 0.3) is 0 Å². The summed E-state index contributed by atoms with van der Waals surface area (Å²) in [5.74, 6) is -0.183. The van der Waals surface area contributed by atoms with E-state index < -0.39 is 17.0 Å². The first-order valence-electron chi connectivity index (χ1n) is 7.13. The third kappa shape index (κ3) is 5.46. The van der Waals surface area contributed by atoms with Gasteiger partial charge in [0.1, 0.15) is 0 Å². The number of para-hydroxylation sites is 1. The van der Waals surface area contributed by atoms with Gasteiger partial charge in [-0.2, -0.15) is 13.2 Å². The molecule has 0 aliphatic carbocycles. The van der Waals surface area contributed by atoms with Crippen LogP contribution < -0.4 is 10.6 Å². The quantitative estimate of drug-likeness (QED) is 0.553. The smallest absolute Gasteiger partial charge is 0.352 e. The van der Waals surface area contributed by atoms with E-state index in [9.17, 15) is 18.0 Å². The molecule has 0 aliphatic rings. The fourth-order valence-corrected chi connectivity index (χ4v) is 3.72. The minimum Gasteiger partial charge on any atom is -0.352 e. The van der Waals surface area contributed by atoms with Crippen molar-refractivity contribution in [1.82, 2.24) is 15.5 Å². The molecule has 1 aromatic carbocycles. The number of carbonyl (C=O) groups excluding carboxylic acids is 1. The van der Waals surface area contributed by atoms with Gasteiger partial charge in [-0.15, -0.1) is 16.8 Å². The molecule has 25 heavy (non-hydrogen) atoms. The van der Waals surface area contributed by atoms with Crippen molar-refractivity contribution in [2.24, 2.45) is 0 Å². The van der Waals surface area contributed by atoms with Gasteiger partial charge in [0, 0.05) is 6.54 Å². The second-order valence-electron chi connectivity index (χ2n) is 4.84. The number of amides is 1. The van der Waals surface area contributed by atoms with Crippen LogP contribution in [0.4, 0.5) is 24.0 Å². The summed E-state index contributed by atoms with van der Waals surface area (Å²) >= 11 is 2.26. The molecule has 1 atom stereocenters. The molecule has 0 fully saturated rings. The van der Waals surface area contributed by atoms with Crippen LogP contribution in [0.5, 0.6) is 0 Å². The maximum Gasteiger partial charge on any atom is 0.418 e. The van der Waals surface area contributed by atoms with E-state index in [0.717, 1.165) is 17.4 Å². The van der Waals surface area contributed by atoms with Gasteiger partial charge in [0.15, 0.2) is 4.34 Å². The second-order valence-corrected chi connectivity index (χ2v) is 7.40. The van der Waals surface area contributed by atoms with Crippen molar-refractivity contribution >= 4 is 39.8 Å². The Bertz CT molecular complexity index is 748. The number of anilines is 2. The Balaban J connectivity index is 2.05. The van der Waals surface area contributed by atoms with E-state index in [1.807, 2.05) is 0 Å². The van der Waals surface area contributed by atoms with Crippen LogP contribution in [0.2, 0.25) is 0 Å². The van der Waals surface area contributed by atoms with Gasteiger partial charge in [-0.05, 0) is 19.1 Å². The number of halogens is 3. The predicted octanol–water partition coefficient (Wildman–Crippen LogP) is 4.08. The van der Waals surface area contributed by atoms with Gasteiger partial charge < -0.3 is 10.6 Å². The average molecular weight is 388 g/mol. The molecule has 0 unspecified atom stereocenters. The largest absolute Gasteiger partial charge is 0.418 e. The summed E-state index contributed by atoms with van der Waals surface area (Å²) < 4.78 is 39.5. The van der Waals surface area contributed by atoms with Gasteiger partial charge in [-0.3, -0.25) is 4.79 Å². The molecular formula is C15H15F3N4OS2. The molecule has 2 N–H and O–H groups in total. The monoisotopic (exact) mass is 388 g/mol. The van der Waals surface area contributed by atoms with Crippen molar-refractivity contribution in [2.75, 3.05) is 11.9 Å². The van der Waals surface area contributed by atoms with E-state index in [1.165, 1.54) is 30.0 Å². The Hall–Kier alpha value is -2.07. The Labute approximate surface area is 150 Å². The first-order valence-corrected chi connectivity index (χ1v) is 8.83. The highest BCUT2D eigenvalue weighted by Crippen LogP contribution is 2.37. The SMILES string of the molecule is C=CCNC(=O)[C@@H](C)Sc1nnc(Nc2ccccc2C(F)(F)F)s1. The zero-order valence-electron chi connectivity index (χ0n) is 13.1.